The molecule has 0 unspecified atom stereocenters. The van der Waals surface area contributed by atoms with Crippen molar-refractivity contribution in [1.82, 2.24) is 4.31 Å². The Hall–Kier alpha value is -3.83. The number of likely N-dealkylation sites (N-methyl/N-ethyl adjacent to an activating group) is 1. The van der Waals surface area contributed by atoms with E-state index in [9.17, 15) is 37.0 Å². The summed E-state index contributed by atoms with van der Waals surface area (Å²) in [5.41, 5.74) is 1.72. The zero-order valence-corrected chi connectivity index (χ0v) is 22.7. The lowest BCUT2D eigenvalue weighted by atomic mass is 9.84. The molecule has 0 saturated heterocycles. The van der Waals surface area contributed by atoms with Crippen LogP contribution in [-0.4, -0.2) is 48.4 Å². The molecule has 0 aromatic heterocycles. The molecular formula is C29H30F2N2O6S. The van der Waals surface area contributed by atoms with Crippen LogP contribution in [0.25, 0.3) is 0 Å². The lowest BCUT2D eigenvalue weighted by Gasteiger charge is -2.27. The number of rotatable bonds is 9. The molecule has 1 amide bonds. The first-order valence-electron chi connectivity index (χ1n) is 12.8. The highest BCUT2D eigenvalue weighted by molar-refractivity contribution is 7.89. The minimum absolute atomic E-state index is 0.00187. The second-order valence-corrected chi connectivity index (χ2v) is 12.0. The maximum absolute atomic E-state index is 13.7. The molecule has 2 N–H and O–H groups in total. The van der Waals surface area contributed by atoms with E-state index >= 15 is 0 Å². The van der Waals surface area contributed by atoms with Gasteiger partial charge >= 0.3 is 5.97 Å². The third-order valence-corrected chi connectivity index (χ3v) is 8.90. The number of sulfonamides is 1. The molecular weight excluding hydrogens is 542 g/mol. The van der Waals surface area contributed by atoms with E-state index in [1.165, 1.54) is 35.8 Å². The number of carboxylic acid groups (broad SMARTS) is 1. The van der Waals surface area contributed by atoms with Crippen molar-refractivity contribution in [2.75, 3.05) is 18.5 Å². The standard InChI is InChI=1S/C29H30F2N2O6S/c1-32(40(38,39)25-14-22(30)13-23(31)15-25)18-28(35)33(24-11-12-26(29(36)37)27(34)16-24)17-19-7-9-21(10-8-19)20-5-3-2-4-6-20/h7-16,20,34H,2-6,17-18H2,1H3,(H,36,37). The lowest BCUT2D eigenvalue weighted by Crippen LogP contribution is -2.41. The Balaban J connectivity index is 1.61. The Labute approximate surface area is 231 Å². The molecule has 0 radical (unpaired) electrons. The van der Waals surface area contributed by atoms with E-state index in [0.717, 1.165) is 37.6 Å². The van der Waals surface area contributed by atoms with Gasteiger partial charge in [-0.3, -0.25) is 4.79 Å². The van der Waals surface area contributed by atoms with Crippen LogP contribution in [0.5, 0.6) is 5.75 Å². The quantitative estimate of drug-likeness (QED) is 0.361. The Bertz CT molecular complexity index is 1490. The van der Waals surface area contributed by atoms with Crippen LogP contribution in [0, 0.1) is 11.6 Å². The molecule has 40 heavy (non-hydrogen) atoms. The van der Waals surface area contributed by atoms with E-state index in [1.807, 2.05) is 24.3 Å². The number of aromatic hydroxyl groups is 1. The average Bonchev–Trinajstić information content (AvgIpc) is 2.91. The van der Waals surface area contributed by atoms with Crippen molar-refractivity contribution in [3.63, 3.8) is 0 Å². The number of anilines is 1. The van der Waals surface area contributed by atoms with E-state index < -0.39 is 50.7 Å². The first-order valence-corrected chi connectivity index (χ1v) is 14.3. The van der Waals surface area contributed by atoms with Crippen molar-refractivity contribution in [2.45, 2.75) is 49.5 Å². The van der Waals surface area contributed by atoms with Crippen molar-refractivity contribution in [1.29, 1.82) is 0 Å². The fourth-order valence-electron chi connectivity index (χ4n) is 4.92. The summed E-state index contributed by atoms with van der Waals surface area (Å²) in [7, 11) is -3.32. The predicted octanol–water partition coefficient (Wildman–Crippen LogP) is 5.27. The van der Waals surface area contributed by atoms with Crippen LogP contribution in [0.3, 0.4) is 0 Å². The second kappa shape index (κ2) is 12.1. The number of nitrogens with zero attached hydrogens (tertiary/aromatic N) is 2. The third-order valence-electron chi connectivity index (χ3n) is 7.12. The van der Waals surface area contributed by atoms with Gasteiger partial charge in [0.15, 0.2) is 0 Å². The van der Waals surface area contributed by atoms with Crippen LogP contribution in [0.2, 0.25) is 0 Å². The zero-order valence-electron chi connectivity index (χ0n) is 21.9. The van der Waals surface area contributed by atoms with Gasteiger partial charge < -0.3 is 15.1 Å². The molecule has 3 aromatic carbocycles. The number of halogens is 2. The fourth-order valence-corrected chi connectivity index (χ4v) is 6.09. The van der Waals surface area contributed by atoms with E-state index in [2.05, 4.69) is 0 Å². The van der Waals surface area contributed by atoms with Gasteiger partial charge in [0, 0.05) is 24.9 Å². The first-order chi connectivity index (χ1) is 19.0. The summed E-state index contributed by atoms with van der Waals surface area (Å²) in [4.78, 5) is 25.4. The van der Waals surface area contributed by atoms with Crippen LogP contribution >= 0.6 is 0 Å². The minimum Gasteiger partial charge on any atom is -0.507 e. The summed E-state index contributed by atoms with van der Waals surface area (Å²) < 4.78 is 54.0. The molecule has 1 aliphatic rings. The van der Waals surface area contributed by atoms with E-state index in [0.29, 0.717) is 28.4 Å². The van der Waals surface area contributed by atoms with E-state index in [4.69, 9.17) is 0 Å². The highest BCUT2D eigenvalue weighted by Gasteiger charge is 2.28. The molecule has 11 heteroatoms. The van der Waals surface area contributed by atoms with Crippen LogP contribution in [-0.2, 0) is 21.4 Å². The van der Waals surface area contributed by atoms with E-state index in [1.54, 1.807) is 0 Å². The maximum atomic E-state index is 13.7. The minimum atomic E-state index is -4.43. The van der Waals surface area contributed by atoms with Gasteiger partial charge in [-0.15, -0.1) is 0 Å². The normalized spacial score (nSPS) is 14.3. The lowest BCUT2D eigenvalue weighted by molar-refractivity contribution is -0.118. The van der Waals surface area contributed by atoms with Gasteiger partial charge in [0.25, 0.3) is 0 Å². The molecule has 3 aromatic rings. The van der Waals surface area contributed by atoms with Gasteiger partial charge in [0.1, 0.15) is 22.9 Å². The molecule has 1 fully saturated rings. The van der Waals surface area contributed by atoms with Crippen LogP contribution in [0.1, 0.15) is 59.5 Å². The average molecular weight is 573 g/mol. The van der Waals surface area contributed by atoms with Crippen LogP contribution < -0.4 is 4.90 Å². The Morgan fingerprint density at radius 1 is 0.925 bits per heavy atom. The fraction of sp³-hybridized carbons (Fsp3) is 0.310. The van der Waals surface area contributed by atoms with Gasteiger partial charge in [0.05, 0.1) is 18.0 Å². The van der Waals surface area contributed by atoms with Crippen molar-refractivity contribution in [3.8, 4) is 5.75 Å². The number of hydrogen-bond acceptors (Lipinski definition) is 5. The largest absolute Gasteiger partial charge is 0.507 e. The van der Waals surface area contributed by atoms with Crippen LogP contribution in [0.4, 0.5) is 14.5 Å². The van der Waals surface area contributed by atoms with Crippen LogP contribution in [0.15, 0.2) is 65.6 Å². The number of hydrogen-bond donors (Lipinski definition) is 2. The van der Waals surface area contributed by atoms with Crippen molar-refractivity contribution in [3.05, 3.63) is 89.0 Å². The number of benzene rings is 3. The third kappa shape index (κ3) is 6.65. The number of carbonyl (C=O) groups excluding carboxylic acids is 1. The molecule has 1 aliphatic carbocycles. The Kier molecular flexibility index (Phi) is 8.85. The smallest absolute Gasteiger partial charge is 0.339 e. The summed E-state index contributed by atoms with van der Waals surface area (Å²) in [6.07, 6.45) is 5.84. The van der Waals surface area contributed by atoms with Crippen molar-refractivity contribution in [2.24, 2.45) is 0 Å². The molecule has 1 saturated carbocycles. The number of carboxylic acids is 1. The van der Waals surface area contributed by atoms with Gasteiger partial charge in [-0.05, 0) is 54.2 Å². The summed E-state index contributed by atoms with van der Waals surface area (Å²) in [6, 6.07) is 13.2. The maximum Gasteiger partial charge on any atom is 0.339 e. The molecule has 0 heterocycles. The summed E-state index contributed by atoms with van der Waals surface area (Å²) >= 11 is 0. The molecule has 0 atom stereocenters. The van der Waals surface area contributed by atoms with Gasteiger partial charge in [0.2, 0.25) is 15.9 Å². The molecule has 0 aliphatic heterocycles. The molecule has 0 spiro atoms. The second-order valence-electron chi connectivity index (χ2n) is 9.93. The Morgan fingerprint density at radius 2 is 1.55 bits per heavy atom. The number of carbonyl (C=O) groups is 2. The summed E-state index contributed by atoms with van der Waals surface area (Å²) in [5.74, 6) is -4.30. The monoisotopic (exact) mass is 572 g/mol. The summed E-state index contributed by atoms with van der Waals surface area (Å²) in [5, 5.41) is 19.5. The SMILES string of the molecule is CN(CC(=O)N(Cc1ccc(C2CCCCC2)cc1)c1ccc(C(=O)O)c(O)c1)S(=O)(=O)c1cc(F)cc(F)c1. The van der Waals surface area contributed by atoms with E-state index in [-0.39, 0.29) is 17.8 Å². The zero-order chi connectivity index (χ0) is 29.0. The summed E-state index contributed by atoms with van der Waals surface area (Å²) in [6.45, 7) is -0.694. The highest BCUT2D eigenvalue weighted by atomic mass is 32.2. The van der Waals surface area contributed by atoms with Gasteiger partial charge in [-0.2, -0.15) is 4.31 Å². The first kappa shape index (κ1) is 29.2. The van der Waals surface area contributed by atoms with Gasteiger partial charge in [-0.25, -0.2) is 22.0 Å². The number of amides is 1. The van der Waals surface area contributed by atoms with Crippen molar-refractivity contribution >= 4 is 27.6 Å². The molecule has 212 valence electrons. The molecule has 0 bridgehead atoms. The topological polar surface area (TPSA) is 115 Å². The Morgan fingerprint density at radius 3 is 2.12 bits per heavy atom. The molecule has 4 rings (SSSR count). The number of aromatic carboxylic acids is 1. The van der Waals surface area contributed by atoms with Crippen molar-refractivity contribution < 1.29 is 37.0 Å². The molecule has 8 nitrogen and oxygen atoms in total. The predicted molar refractivity (Wildman–Crippen MR) is 145 cm³/mol. The van der Waals surface area contributed by atoms with Gasteiger partial charge in [-0.1, -0.05) is 43.5 Å². The number of phenols is 1. The highest BCUT2D eigenvalue weighted by Crippen LogP contribution is 2.33.